The van der Waals surface area contributed by atoms with Gasteiger partial charge in [0.25, 0.3) is 5.91 Å². The lowest BCUT2D eigenvalue weighted by molar-refractivity contribution is 0.0934. The topological polar surface area (TPSA) is 72.3 Å². The van der Waals surface area contributed by atoms with Crippen LogP contribution in [0.2, 0.25) is 0 Å². The van der Waals surface area contributed by atoms with Crippen molar-refractivity contribution in [2.45, 2.75) is 46.2 Å². The lowest BCUT2D eigenvalue weighted by Crippen LogP contribution is -2.38. The Labute approximate surface area is 189 Å². The first kappa shape index (κ1) is 22.3. The minimum atomic E-state index is -0.0464. The summed E-state index contributed by atoms with van der Waals surface area (Å²) < 4.78 is 7.13. The predicted molar refractivity (Wildman–Crippen MR) is 126 cm³/mol. The van der Waals surface area contributed by atoms with E-state index >= 15 is 0 Å². The standard InChI is InChI=1S/C25H33N5O2/c1-17(2)30-24-21(15-27-30)13-23(18(3)28-24)25(31)26-14-19-9-11-29(12-10-19)16-20-5-7-22(32-4)8-6-20/h5-8,13,15,17,19H,9-12,14,16H2,1-4H3,(H,26,31). The zero-order chi connectivity index (χ0) is 22.7. The molecule has 3 aromatic rings. The molecule has 1 saturated heterocycles. The molecule has 32 heavy (non-hydrogen) atoms. The van der Waals surface area contributed by atoms with Crippen molar-refractivity contribution in [3.63, 3.8) is 0 Å². The van der Waals surface area contributed by atoms with Crippen molar-refractivity contribution < 1.29 is 9.53 Å². The molecule has 3 heterocycles. The lowest BCUT2D eigenvalue weighted by Gasteiger charge is -2.32. The molecule has 0 spiro atoms. The molecule has 0 aliphatic carbocycles. The monoisotopic (exact) mass is 435 g/mol. The minimum Gasteiger partial charge on any atom is -0.497 e. The average Bonchev–Trinajstić information content (AvgIpc) is 3.21. The van der Waals surface area contributed by atoms with Gasteiger partial charge in [-0.3, -0.25) is 9.69 Å². The van der Waals surface area contributed by atoms with E-state index in [-0.39, 0.29) is 11.9 Å². The first-order chi connectivity index (χ1) is 15.4. The molecule has 0 saturated carbocycles. The van der Waals surface area contributed by atoms with Gasteiger partial charge in [-0.25, -0.2) is 9.67 Å². The third-order valence-corrected chi connectivity index (χ3v) is 6.32. The molecule has 1 fully saturated rings. The molecule has 0 unspecified atom stereocenters. The van der Waals surface area contributed by atoms with Crippen LogP contribution in [0, 0.1) is 12.8 Å². The molecule has 1 aliphatic rings. The van der Waals surface area contributed by atoms with Crippen molar-refractivity contribution in [3.8, 4) is 5.75 Å². The van der Waals surface area contributed by atoms with Crippen LogP contribution in [0.1, 0.15) is 54.3 Å². The summed E-state index contributed by atoms with van der Waals surface area (Å²) in [5, 5.41) is 8.46. The van der Waals surface area contributed by atoms with Crippen molar-refractivity contribution in [2.24, 2.45) is 5.92 Å². The number of hydrogen-bond acceptors (Lipinski definition) is 5. The average molecular weight is 436 g/mol. The number of ether oxygens (including phenoxy) is 1. The van der Waals surface area contributed by atoms with Gasteiger partial charge < -0.3 is 10.1 Å². The highest BCUT2D eigenvalue weighted by Gasteiger charge is 2.21. The number of rotatable bonds is 7. The van der Waals surface area contributed by atoms with E-state index in [1.807, 2.05) is 29.8 Å². The van der Waals surface area contributed by atoms with E-state index in [1.54, 1.807) is 13.3 Å². The fourth-order valence-corrected chi connectivity index (χ4v) is 4.34. The maximum Gasteiger partial charge on any atom is 0.253 e. The highest BCUT2D eigenvalue weighted by Crippen LogP contribution is 2.21. The van der Waals surface area contributed by atoms with Gasteiger partial charge >= 0.3 is 0 Å². The number of fused-ring (bicyclic) bond motifs is 1. The number of likely N-dealkylation sites (tertiary alicyclic amines) is 1. The summed E-state index contributed by atoms with van der Waals surface area (Å²) in [6, 6.07) is 10.4. The Morgan fingerprint density at radius 1 is 1.22 bits per heavy atom. The van der Waals surface area contributed by atoms with Crippen LogP contribution in [0.5, 0.6) is 5.75 Å². The van der Waals surface area contributed by atoms with Crippen LogP contribution < -0.4 is 10.1 Å². The van der Waals surface area contributed by atoms with Gasteiger partial charge in [-0.2, -0.15) is 5.10 Å². The number of piperidine rings is 1. The number of nitrogens with one attached hydrogen (secondary N) is 1. The van der Waals surface area contributed by atoms with Crippen molar-refractivity contribution in [2.75, 3.05) is 26.7 Å². The number of amides is 1. The first-order valence-electron chi connectivity index (χ1n) is 11.4. The van der Waals surface area contributed by atoms with E-state index in [1.165, 1.54) is 5.56 Å². The number of carbonyl (C=O) groups is 1. The number of hydrogen-bond donors (Lipinski definition) is 1. The molecular formula is C25H33N5O2. The van der Waals surface area contributed by atoms with Gasteiger partial charge in [-0.05, 0) is 76.4 Å². The number of pyridine rings is 1. The van der Waals surface area contributed by atoms with Crippen LogP contribution in [-0.2, 0) is 6.54 Å². The first-order valence-corrected chi connectivity index (χ1v) is 11.4. The number of methoxy groups -OCH3 is 1. The molecule has 7 heteroatoms. The molecular weight excluding hydrogens is 402 g/mol. The number of aryl methyl sites for hydroxylation is 1. The summed E-state index contributed by atoms with van der Waals surface area (Å²) in [5.41, 5.74) is 3.51. The van der Waals surface area contributed by atoms with Crippen molar-refractivity contribution in [3.05, 3.63) is 53.3 Å². The maximum atomic E-state index is 12.9. The van der Waals surface area contributed by atoms with Gasteiger partial charge in [0.1, 0.15) is 5.75 Å². The van der Waals surface area contributed by atoms with Crippen molar-refractivity contribution in [1.82, 2.24) is 25.0 Å². The molecule has 1 aromatic carbocycles. The largest absolute Gasteiger partial charge is 0.497 e. The molecule has 7 nitrogen and oxygen atoms in total. The van der Waals surface area contributed by atoms with Gasteiger partial charge in [0, 0.05) is 24.5 Å². The van der Waals surface area contributed by atoms with Gasteiger partial charge in [0.2, 0.25) is 0 Å². The second-order valence-corrected chi connectivity index (χ2v) is 8.99. The Morgan fingerprint density at radius 3 is 2.59 bits per heavy atom. The molecule has 1 amide bonds. The smallest absolute Gasteiger partial charge is 0.253 e. The summed E-state index contributed by atoms with van der Waals surface area (Å²) >= 11 is 0. The van der Waals surface area contributed by atoms with Crippen LogP contribution in [-0.4, -0.2) is 52.3 Å². The second-order valence-electron chi connectivity index (χ2n) is 8.99. The van der Waals surface area contributed by atoms with Crippen LogP contribution in [0.3, 0.4) is 0 Å². The SMILES string of the molecule is COc1ccc(CN2CCC(CNC(=O)c3cc4cnn(C(C)C)c4nc3C)CC2)cc1. The van der Waals surface area contributed by atoms with E-state index in [2.05, 4.69) is 46.3 Å². The summed E-state index contributed by atoms with van der Waals surface area (Å²) in [4.78, 5) is 20.0. The zero-order valence-corrected chi connectivity index (χ0v) is 19.5. The van der Waals surface area contributed by atoms with Gasteiger partial charge in [-0.1, -0.05) is 12.1 Å². The second kappa shape index (κ2) is 9.69. The third-order valence-electron chi connectivity index (χ3n) is 6.32. The van der Waals surface area contributed by atoms with Crippen LogP contribution in [0.4, 0.5) is 0 Å². The molecule has 4 rings (SSSR count). The van der Waals surface area contributed by atoms with Crippen molar-refractivity contribution in [1.29, 1.82) is 0 Å². The maximum absolute atomic E-state index is 12.9. The van der Waals surface area contributed by atoms with E-state index < -0.39 is 0 Å². The number of nitrogens with zero attached hydrogens (tertiary/aromatic N) is 4. The number of aromatic nitrogens is 3. The fourth-order valence-electron chi connectivity index (χ4n) is 4.34. The van der Waals surface area contributed by atoms with E-state index in [0.717, 1.165) is 55.0 Å². The Kier molecular flexibility index (Phi) is 6.74. The van der Waals surface area contributed by atoms with E-state index in [9.17, 15) is 4.79 Å². The highest BCUT2D eigenvalue weighted by atomic mass is 16.5. The molecule has 1 N–H and O–H groups in total. The zero-order valence-electron chi connectivity index (χ0n) is 19.5. The highest BCUT2D eigenvalue weighted by molar-refractivity contribution is 5.98. The fraction of sp³-hybridized carbons (Fsp3) is 0.480. The molecule has 0 atom stereocenters. The Hall–Kier alpha value is -2.93. The quantitative estimate of drug-likeness (QED) is 0.608. The van der Waals surface area contributed by atoms with Crippen LogP contribution in [0.25, 0.3) is 11.0 Å². The van der Waals surface area contributed by atoms with Gasteiger partial charge in [0.15, 0.2) is 5.65 Å². The minimum absolute atomic E-state index is 0.0464. The van der Waals surface area contributed by atoms with Crippen molar-refractivity contribution >= 4 is 16.9 Å². The van der Waals surface area contributed by atoms with Crippen LogP contribution in [0.15, 0.2) is 36.5 Å². The number of carbonyl (C=O) groups excluding carboxylic acids is 1. The molecule has 0 radical (unpaired) electrons. The molecule has 0 bridgehead atoms. The molecule has 1 aliphatic heterocycles. The Balaban J connectivity index is 1.29. The summed E-state index contributed by atoms with van der Waals surface area (Å²) in [6.45, 7) is 9.80. The summed E-state index contributed by atoms with van der Waals surface area (Å²) in [6.07, 6.45) is 3.97. The Morgan fingerprint density at radius 2 is 1.94 bits per heavy atom. The summed E-state index contributed by atoms with van der Waals surface area (Å²) in [7, 11) is 1.69. The normalized spacial score (nSPS) is 15.4. The van der Waals surface area contributed by atoms with Gasteiger partial charge in [-0.15, -0.1) is 0 Å². The van der Waals surface area contributed by atoms with Crippen LogP contribution >= 0.6 is 0 Å². The predicted octanol–water partition coefficient (Wildman–Crippen LogP) is 3.97. The third kappa shape index (κ3) is 4.93. The Bertz CT molecular complexity index is 1070. The molecule has 2 aromatic heterocycles. The van der Waals surface area contributed by atoms with E-state index in [4.69, 9.17) is 4.74 Å². The number of benzene rings is 1. The summed E-state index contributed by atoms with van der Waals surface area (Å²) in [5.74, 6) is 1.35. The lowest BCUT2D eigenvalue weighted by atomic mass is 9.96. The van der Waals surface area contributed by atoms with Gasteiger partial charge in [0.05, 0.1) is 24.6 Å². The van der Waals surface area contributed by atoms with E-state index in [0.29, 0.717) is 18.0 Å². The molecule has 170 valence electrons.